The first-order chi connectivity index (χ1) is 6.81. The fraction of sp³-hybridized carbons (Fsp3) is 0.667. The van der Waals surface area contributed by atoms with E-state index in [1.54, 1.807) is 7.11 Å². The van der Waals surface area contributed by atoms with Crippen LogP contribution in [0.5, 0.6) is 0 Å². The van der Waals surface area contributed by atoms with E-state index < -0.39 is 0 Å². The standard InChI is InChI=1S/C9H16N2O3/c1-3-11(4-5-13-2)9-10-8(6-12)7-14-9/h7,12H,3-6H2,1-2H3. The first kappa shape index (κ1) is 11.0. The molecule has 0 atom stereocenters. The van der Waals surface area contributed by atoms with Gasteiger partial charge in [-0.25, -0.2) is 0 Å². The third-order valence-corrected chi connectivity index (χ3v) is 1.92. The summed E-state index contributed by atoms with van der Waals surface area (Å²) in [5.41, 5.74) is 0.552. The van der Waals surface area contributed by atoms with Crippen molar-refractivity contribution in [3.8, 4) is 0 Å². The molecule has 0 saturated heterocycles. The van der Waals surface area contributed by atoms with Crippen molar-refractivity contribution in [1.29, 1.82) is 0 Å². The molecule has 0 aliphatic carbocycles. The van der Waals surface area contributed by atoms with Gasteiger partial charge in [0, 0.05) is 20.2 Å². The summed E-state index contributed by atoms with van der Waals surface area (Å²) in [6.45, 7) is 4.08. The van der Waals surface area contributed by atoms with E-state index in [1.165, 1.54) is 6.26 Å². The smallest absolute Gasteiger partial charge is 0.297 e. The predicted octanol–water partition coefficient (Wildman–Crippen LogP) is 0.640. The van der Waals surface area contributed by atoms with E-state index in [4.69, 9.17) is 14.3 Å². The summed E-state index contributed by atoms with van der Waals surface area (Å²) < 4.78 is 10.2. The lowest BCUT2D eigenvalue weighted by atomic mass is 10.5. The molecular weight excluding hydrogens is 184 g/mol. The number of methoxy groups -OCH3 is 1. The van der Waals surface area contributed by atoms with Gasteiger partial charge in [0.05, 0.1) is 13.2 Å². The first-order valence-corrected chi connectivity index (χ1v) is 4.61. The molecule has 0 aromatic carbocycles. The Bertz CT molecular complexity index is 262. The van der Waals surface area contributed by atoms with Gasteiger partial charge in [0.1, 0.15) is 12.0 Å². The molecule has 5 nitrogen and oxygen atoms in total. The maximum Gasteiger partial charge on any atom is 0.297 e. The Balaban J connectivity index is 2.58. The number of hydrogen-bond donors (Lipinski definition) is 1. The first-order valence-electron chi connectivity index (χ1n) is 4.61. The van der Waals surface area contributed by atoms with Crippen LogP contribution >= 0.6 is 0 Å². The van der Waals surface area contributed by atoms with E-state index in [9.17, 15) is 0 Å². The zero-order chi connectivity index (χ0) is 10.4. The average Bonchev–Trinajstić information content (AvgIpc) is 2.68. The highest BCUT2D eigenvalue weighted by Gasteiger charge is 2.10. The Morgan fingerprint density at radius 3 is 2.93 bits per heavy atom. The molecule has 1 heterocycles. The quantitative estimate of drug-likeness (QED) is 0.730. The lowest BCUT2D eigenvalue weighted by Gasteiger charge is -2.17. The van der Waals surface area contributed by atoms with Crippen molar-refractivity contribution in [1.82, 2.24) is 4.98 Å². The second-order valence-corrected chi connectivity index (χ2v) is 2.85. The van der Waals surface area contributed by atoms with E-state index in [-0.39, 0.29) is 6.61 Å². The summed E-state index contributed by atoms with van der Waals surface area (Å²) in [6, 6.07) is 0.536. The van der Waals surface area contributed by atoms with Crippen LogP contribution in [0.4, 0.5) is 6.01 Å². The van der Waals surface area contributed by atoms with Gasteiger partial charge in [0.2, 0.25) is 0 Å². The van der Waals surface area contributed by atoms with Crippen LogP contribution in [-0.4, -0.2) is 36.9 Å². The zero-order valence-corrected chi connectivity index (χ0v) is 8.56. The molecule has 0 aliphatic heterocycles. The van der Waals surface area contributed by atoms with Crippen LogP contribution in [0.1, 0.15) is 12.6 Å². The summed E-state index contributed by atoms with van der Waals surface area (Å²) in [4.78, 5) is 6.05. The van der Waals surface area contributed by atoms with Gasteiger partial charge in [-0.05, 0) is 6.92 Å². The van der Waals surface area contributed by atoms with Crippen LogP contribution in [0.25, 0.3) is 0 Å². The molecule has 0 amide bonds. The molecule has 0 fully saturated rings. The summed E-state index contributed by atoms with van der Waals surface area (Å²) in [6.07, 6.45) is 1.46. The van der Waals surface area contributed by atoms with Crippen molar-refractivity contribution in [3.63, 3.8) is 0 Å². The van der Waals surface area contributed by atoms with Gasteiger partial charge < -0.3 is 19.2 Å². The molecule has 14 heavy (non-hydrogen) atoms. The molecule has 1 aromatic heterocycles. The topological polar surface area (TPSA) is 58.7 Å². The Hall–Kier alpha value is -1.07. The number of hydrogen-bond acceptors (Lipinski definition) is 5. The maximum atomic E-state index is 8.82. The van der Waals surface area contributed by atoms with Crippen molar-refractivity contribution in [2.75, 3.05) is 31.7 Å². The van der Waals surface area contributed by atoms with Gasteiger partial charge in [-0.1, -0.05) is 0 Å². The van der Waals surface area contributed by atoms with Crippen molar-refractivity contribution in [2.24, 2.45) is 0 Å². The summed E-state index contributed by atoms with van der Waals surface area (Å²) in [7, 11) is 1.66. The number of rotatable bonds is 6. The van der Waals surface area contributed by atoms with Gasteiger partial charge >= 0.3 is 0 Å². The average molecular weight is 200 g/mol. The SMILES string of the molecule is CCN(CCOC)c1nc(CO)co1. The molecule has 0 radical (unpaired) electrons. The summed E-state index contributed by atoms with van der Waals surface area (Å²) >= 11 is 0. The van der Waals surface area contributed by atoms with E-state index in [2.05, 4.69) is 4.98 Å². The minimum Gasteiger partial charge on any atom is -0.432 e. The molecule has 1 rings (SSSR count). The number of oxazole rings is 1. The van der Waals surface area contributed by atoms with Gasteiger partial charge in [0.15, 0.2) is 0 Å². The lowest BCUT2D eigenvalue weighted by Crippen LogP contribution is -2.27. The number of nitrogens with zero attached hydrogens (tertiary/aromatic N) is 2. The Morgan fingerprint density at radius 2 is 2.43 bits per heavy atom. The normalized spacial score (nSPS) is 10.5. The number of anilines is 1. The maximum absolute atomic E-state index is 8.82. The summed E-state index contributed by atoms with van der Waals surface area (Å²) in [5, 5.41) is 8.82. The third-order valence-electron chi connectivity index (χ3n) is 1.92. The molecule has 5 heteroatoms. The third kappa shape index (κ3) is 2.71. The Labute approximate surface area is 83.3 Å². The van der Waals surface area contributed by atoms with Gasteiger partial charge in [0.25, 0.3) is 6.01 Å². The Kier molecular flexibility index (Phi) is 4.42. The van der Waals surface area contributed by atoms with Crippen molar-refractivity contribution >= 4 is 6.01 Å². The molecule has 0 aliphatic rings. The monoisotopic (exact) mass is 200 g/mol. The number of aliphatic hydroxyl groups excluding tert-OH is 1. The van der Waals surface area contributed by atoms with E-state index in [0.717, 1.165) is 13.1 Å². The Morgan fingerprint density at radius 1 is 1.64 bits per heavy atom. The van der Waals surface area contributed by atoms with Gasteiger partial charge in [-0.15, -0.1) is 0 Å². The van der Waals surface area contributed by atoms with E-state index in [1.807, 2.05) is 11.8 Å². The number of ether oxygens (including phenoxy) is 1. The molecule has 80 valence electrons. The fourth-order valence-corrected chi connectivity index (χ4v) is 1.10. The molecule has 1 aromatic rings. The van der Waals surface area contributed by atoms with Crippen LogP contribution in [0.3, 0.4) is 0 Å². The number of likely N-dealkylation sites (N-methyl/N-ethyl adjacent to an activating group) is 1. The highest BCUT2D eigenvalue weighted by atomic mass is 16.5. The molecule has 1 N–H and O–H groups in total. The number of aliphatic hydroxyl groups is 1. The second kappa shape index (κ2) is 5.62. The minimum atomic E-state index is -0.0919. The van der Waals surface area contributed by atoms with Crippen LogP contribution in [0.15, 0.2) is 10.7 Å². The minimum absolute atomic E-state index is 0.0919. The van der Waals surface area contributed by atoms with Crippen LogP contribution < -0.4 is 4.90 Å². The second-order valence-electron chi connectivity index (χ2n) is 2.85. The molecule has 0 bridgehead atoms. The van der Waals surface area contributed by atoms with Crippen LogP contribution in [0.2, 0.25) is 0 Å². The largest absolute Gasteiger partial charge is 0.432 e. The van der Waals surface area contributed by atoms with Gasteiger partial charge in [-0.3, -0.25) is 0 Å². The van der Waals surface area contributed by atoms with Gasteiger partial charge in [-0.2, -0.15) is 4.98 Å². The van der Waals surface area contributed by atoms with Crippen molar-refractivity contribution in [3.05, 3.63) is 12.0 Å². The van der Waals surface area contributed by atoms with E-state index in [0.29, 0.717) is 18.3 Å². The van der Waals surface area contributed by atoms with Crippen LogP contribution in [-0.2, 0) is 11.3 Å². The summed E-state index contributed by atoms with van der Waals surface area (Å²) in [5.74, 6) is 0. The predicted molar refractivity (Wildman–Crippen MR) is 52.2 cm³/mol. The van der Waals surface area contributed by atoms with Crippen LogP contribution in [0, 0.1) is 0 Å². The lowest BCUT2D eigenvalue weighted by molar-refractivity contribution is 0.204. The zero-order valence-electron chi connectivity index (χ0n) is 8.56. The fourth-order valence-electron chi connectivity index (χ4n) is 1.10. The molecule has 0 saturated carbocycles. The van der Waals surface area contributed by atoms with Crippen molar-refractivity contribution < 1.29 is 14.3 Å². The van der Waals surface area contributed by atoms with Crippen molar-refractivity contribution in [2.45, 2.75) is 13.5 Å². The molecule has 0 spiro atoms. The molecule has 0 unspecified atom stereocenters. The highest BCUT2D eigenvalue weighted by molar-refractivity contribution is 5.26. The number of aromatic nitrogens is 1. The highest BCUT2D eigenvalue weighted by Crippen LogP contribution is 2.12. The molecular formula is C9H16N2O3. The van der Waals surface area contributed by atoms with E-state index >= 15 is 0 Å².